The van der Waals surface area contributed by atoms with Crippen LogP contribution in [0.1, 0.15) is 5.69 Å². The van der Waals surface area contributed by atoms with E-state index in [0.29, 0.717) is 15.8 Å². The smallest absolute Gasteiger partial charge is 0.256 e. The molecule has 0 bridgehead atoms. The Morgan fingerprint density at radius 3 is 2.35 bits per heavy atom. The average molecular weight is 266 g/mol. The Morgan fingerprint density at radius 2 is 1.71 bits per heavy atom. The van der Waals surface area contributed by atoms with E-state index in [4.69, 9.17) is 33.2 Å². The molecular formula is C11H5Cl2N3O. The number of hydrogen-bond acceptors (Lipinski definition) is 4. The number of rotatable bonds is 2. The van der Waals surface area contributed by atoms with E-state index in [2.05, 4.69) is 9.97 Å². The van der Waals surface area contributed by atoms with Crippen LogP contribution in [0.25, 0.3) is 0 Å². The summed E-state index contributed by atoms with van der Waals surface area (Å²) in [7, 11) is 0. The van der Waals surface area contributed by atoms with E-state index in [1.807, 2.05) is 6.07 Å². The third kappa shape index (κ3) is 2.84. The van der Waals surface area contributed by atoms with Crippen LogP contribution in [0.2, 0.25) is 10.0 Å². The number of aromatic nitrogens is 2. The molecule has 1 aromatic carbocycles. The minimum atomic E-state index is 0.101. The van der Waals surface area contributed by atoms with Crippen LogP contribution in [-0.2, 0) is 0 Å². The lowest BCUT2D eigenvalue weighted by atomic mass is 10.3. The second-order valence-corrected chi connectivity index (χ2v) is 3.90. The van der Waals surface area contributed by atoms with Gasteiger partial charge < -0.3 is 4.74 Å². The molecule has 0 radical (unpaired) electrons. The Morgan fingerprint density at radius 1 is 1.06 bits per heavy atom. The lowest BCUT2D eigenvalue weighted by Gasteiger charge is -2.05. The van der Waals surface area contributed by atoms with Crippen LogP contribution in [0, 0.1) is 11.3 Å². The van der Waals surface area contributed by atoms with Gasteiger partial charge in [-0.1, -0.05) is 23.2 Å². The van der Waals surface area contributed by atoms with Gasteiger partial charge in [0, 0.05) is 22.4 Å². The molecule has 0 saturated heterocycles. The zero-order chi connectivity index (χ0) is 12.3. The first-order chi connectivity index (χ1) is 8.19. The molecule has 1 heterocycles. The fourth-order valence-corrected chi connectivity index (χ4v) is 1.68. The Labute approximate surface area is 107 Å². The molecule has 0 saturated carbocycles. The number of nitriles is 1. The van der Waals surface area contributed by atoms with Crippen LogP contribution in [0.5, 0.6) is 11.6 Å². The summed E-state index contributed by atoms with van der Waals surface area (Å²) in [6.07, 6.45) is 2.85. The molecule has 0 N–H and O–H groups in total. The van der Waals surface area contributed by atoms with Crippen LogP contribution in [0.4, 0.5) is 0 Å². The highest BCUT2D eigenvalue weighted by Gasteiger charge is 2.07. The Kier molecular flexibility index (Phi) is 3.43. The fourth-order valence-electron chi connectivity index (χ4n) is 1.18. The number of ether oxygens (including phenoxy) is 1. The summed E-state index contributed by atoms with van der Waals surface area (Å²) in [5.74, 6) is 0.521. The first kappa shape index (κ1) is 11.6. The SMILES string of the molecule is N#Cc1nccnc1Oc1cc(Cl)cc(Cl)c1. The molecule has 0 aliphatic carbocycles. The quantitative estimate of drug-likeness (QED) is 0.835. The molecule has 0 unspecified atom stereocenters. The third-order valence-corrected chi connectivity index (χ3v) is 2.26. The van der Waals surface area contributed by atoms with E-state index in [0.717, 1.165) is 0 Å². The van der Waals surface area contributed by atoms with Gasteiger partial charge in [0.1, 0.15) is 11.8 Å². The molecule has 17 heavy (non-hydrogen) atoms. The summed E-state index contributed by atoms with van der Waals surface area (Å²) in [6, 6.07) is 6.61. The zero-order valence-corrected chi connectivity index (χ0v) is 9.90. The van der Waals surface area contributed by atoms with Crippen molar-refractivity contribution in [3.63, 3.8) is 0 Å². The van der Waals surface area contributed by atoms with E-state index >= 15 is 0 Å². The van der Waals surface area contributed by atoms with E-state index in [9.17, 15) is 0 Å². The molecule has 0 aliphatic heterocycles. The van der Waals surface area contributed by atoms with Gasteiger partial charge in [-0.3, -0.25) is 0 Å². The Balaban J connectivity index is 2.35. The van der Waals surface area contributed by atoms with Crippen LogP contribution < -0.4 is 4.74 Å². The maximum absolute atomic E-state index is 8.82. The van der Waals surface area contributed by atoms with Crippen LogP contribution >= 0.6 is 23.2 Å². The maximum Gasteiger partial charge on any atom is 0.256 e. The molecular weight excluding hydrogens is 261 g/mol. The van der Waals surface area contributed by atoms with Gasteiger partial charge in [0.05, 0.1) is 0 Å². The zero-order valence-electron chi connectivity index (χ0n) is 8.39. The van der Waals surface area contributed by atoms with Gasteiger partial charge in [-0.25, -0.2) is 9.97 Å². The van der Waals surface area contributed by atoms with Gasteiger partial charge in [-0.2, -0.15) is 5.26 Å². The molecule has 0 aliphatic rings. The van der Waals surface area contributed by atoms with Gasteiger partial charge in [0.2, 0.25) is 5.69 Å². The monoisotopic (exact) mass is 265 g/mol. The largest absolute Gasteiger partial charge is 0.436 e. The lowest BCUT2D eigenvalue weighted by molar-refractivity contribution is 0.458. The van der Waals surface area contributed by atoms with Gasteiger partial charge >= 0.3 is 0 Å². The fraction of sp³-hybridized carbons (Fsp3) is 0. The van der Waals surface area contributed by atoms with Crippen molar-refractivity contribution in [2.75, 3.05) is 0 Å². The number of benzene rings is 1. The van der Waals surface area contributed by atoms with E-state index < -0.39 is 0 Å². The Hall–Kier alpha value is -1.83. The number of nitrogens with zero attached hydrogens (tertiary/aromatic N) is 3. The molecule has 2 rings (SSSR count). The van der Waals surface area contributed by atoms with Crippen molar-refractivity contribution in [3.8, 4) is 17.7 Å². The minimum absolute atomic E-state index is 0.101. The molecule has 0 atom stereocenters. The second kappa shape index (κ2) is 5.00. The van der Waals surface area contributed by atoms with Gasteiger partial charge in [-0.15, -0.1) is 0 Å². The summed E-state index contributed by atoms with van der Waals surface area (Å²) in [4.78, 5) is 7.73. The summed E-state index contributed by atoms with van der Waals surface area (Å²) >= 11 is 11.6. The van der Waals surface area contributed by atoms with Crippen molar-refractivity contribution < 1.29 is 4.74 Å². The standard InChI is InChI=1S/C11H5Cl2N3O/c12-7-3-8(13)5-9(4-7)17-11-10(6-14)15-1-2-16-11/h1-5H. The predicted octanol–water partition coefficient (Wildman–Crippen LogP) is 3.45. The molecule has 84 valence electrons. The highest BCUT2D eigenvalue weighted by Crippen LogP contribution is 2.28. The maximum atomic E-state index is 8.82. The average Bonchev–Trinajstić information content (AvgIpc) is 2.28. The van der Waals surface area contributed by atoms with Gasteiger partial charge in [0.25, 0.3) is 5.88 Å². The molecule has 4 nitrogen and oxygen atoms in total. The van der Waals surface area contributed by atoms with Crippen molar-refractivity contribution in [3.05, 3.63) is 46.3 Å². The number of halogens is 2. The topological polar surface area (TPSA) is 58.8 Å². The molecule has 0 spiro atoms. The summed E-state index contributed by atoms with van der Waals surface area (Å²) in [5, 5.41) is 9.70. The predicted molar refractivity (Wildman–Crippen MR) is 63.3 cm³/mol. The first-order valence-electron chi connectivity index (χ1n) is 4.54. The van der Waals surface area contributed by atoms with Crippen molar-refractivity contribution in [2.45, 2.75) is 0 Å². The number of hydrogen-bond donors (Lipinski definition) is 0. The summed E-state index contributed by atoms with van der Waals surface area (Å²) in [6.45, 7) is 0. The van der Waals surface area contributed by atoms with E-state index in [-0.39, 0.29) is 11.6 Å². The highest BCUT2D eigenvalue weighted by atomic mass is 35.5. The summed E-state index contributed by atoms with van der Waals surface area (Å²) < 4.78 is 5.40. The Bertz CT molecular complexity index is 575. The second-order valence-electron chi connectivity index (χ2n) is 3.03. The summed E-state index contributed by atoms with van der Waals surface area (Å²) in [5.41, 5.74) is 0.101. The molecule has 1 aromatic heterocycles. The lowest BCUT2D eigenvalue weighted by Crippen LogP contribution is -1.93. The van der Waals surface area contributed by atoms with E-state index in [1.54, 1.807) is 18.2 Å². The van der Waals surface area contributed by atoms with Crippen molar-refractivity contribution >= 4 is 23.2 Å². The van der Waals surface area contributed by atoms with E-state index in [1.165, 1.54) is 12.4 Å². The molecule has 6 heteroatoms. The molecule has 0 fully saturated rings. The highest BCUT2D eigenvalue weighted by molar-refractivity contribution is 6.34. The third-order valence-electron chi connectivity index (χ3n) is 1.82. The van der Waals surface area contributed by atoms with Crippen LogP contribution in [0.3, 0.4) is 0 Å². The van der Waals surface area contributed by atoms with Crippen molar-refractivity contribution in [1.29, 1.82) is 5.26 Å². The van der Waals surface area contributed by atoms with Gasteiger partial charge in [0.15, 0.2) is 0 Å². The minimum Gasteiger partial charge on any atom is -0.436 e. The molecule has 0 amide bonds. The molecule has 2 aromatic rings. The normalized spacial score (nSPS) is 9.71. The first-order valence-corrected chi connectivity index (χ1v) is 5.29. The van der Waals surface area contributed by atoms with Crippen molar-refractivity contribution in [2.24, 2.45) is 0 Å². The van der Waals surface area contributed by atoms with Crippen LogP contribution in [0.15, 0.2) is 30.6 Å². The van der Waals surface area contributed by atoms with Crippen LogP contribution in [-0.4, -0.2) is 9.97 Å². The van der Waals surface area contributed by atoms with Crippen molar-refractivity contribution in [1.82, 2.24) is 9.97 Å². The van der Waals surface area contributed by atoms with Gasteiger partial charge in [-0.05, 0) is 18.2 Å².